The van der Waals surface area contributed by atoms with Crippen LogP contribution in [0.5, 0.6) is 0 Å². The van der Waals surface area contributed by atoms with E-state index in [1.165, 1.54) is 6.07 Å². The lowest BCUT2D eigenvalue weighted by Gasteiger charge is -2.31. The number of ether oxygens (including phenoxy) is 2. The molecular formula is C37H37FN4O7. The zero-order chi connectivity index (χ0) is 35.0. The van der Waals surface area contributed by atoms with Crippen LogP contribution in [0.4, 0.5) is 14.9 Å². The molecule has 254 valence electrons. The molecule has 3 aliphatic rings. The summed E-state index contributed by atoms with van der Waals surface area (Å²) in [6.07, 6.45) is 0.443. The Bertz CT molecular complexity index is 2170. The molecule has 2 aliphatic heterocycles. The molecule has 0 unspecified atom stereocenters. The smallest absolute Gasteiger partial charge is 0.412 e. The number of halogens is 1. The van der Waals surface area contributed by atoms with Crippen LogP contribution in [0.2, 0.25) is 0 Å². The average Bonchev–Trinajstić information content (AvgIpc) is 3.40. The second-order valence-electron chi connectivity index (χ2n) is 14.0. The number of fused-ring (bicyclic) bond motifs is 5. The Kier molecular flexibility index (Phi) is 7.62. The summed E-state index contributed by atoms with van der Waals surface area (Å²) >= 11 is 0. The van der Waals surface area contributed by atoms with Crippen molar-refractivity contribution < 1.29 is 33.4 Å². The Balaban J connectivity index is 1.26. The van der Waals surface area contributed by atoms with E-state index in [0.717, 1.165) is 22.1 Å². The molecule has 2 aromatic heterocycles. The van der Waals surface area contributed by atoms with Crippen molar-refractivity contribution in [3.8, 4) is 11.4 Å². The molecule has 2 amide bonds. The van der Waals surface area contributed by atoms with Gasteiger partial charge in [-0.2, -0.15) is 0 Å². The van der Waals surface area contributed by atoms with Gasteiger partial charge in [-0.05, 0) is 87.4 Å². The highest BCUT2D eigenvalue weighted by molar-refractivity contribution is 5.94. The predicted molar refractivity (Wildman–Crippen MR) is 178 cm³/mol. The number of nitrogens with one attached hydrogen (secondary N) is 2. The van der Waals surface area contributed by atoms with Crippen LogP contribution in [0.25, 0.3) is 22.3 Å². The number of benzene rings is 2. The lowest BCUT2D eigenvalue weighted by atomic mass is 9.81. The summed E-state index contributed by atoms with van der Waals surface area (Å²) in [6, 6.07) is 9.50. The van der Waals surface area contributed by atoms with Gasteiger partial charge in [0.05, 0.1) is 41.5 Å². The number of cyclic esters (lactones) is 1. The first-order valence-corrected chi connectivity index (χ1v) is 16.4. The first kappa shape index (κ1) is 32.4. The number of carbonyl (C=O) groups is 3. The fourth-order valence-corrected chi connectivity index (χ4v) is 7.31. The molecule has 0 saturated heterocycles. The van der Waals surface area contributed by atoms with Crippen LogP contribution in [0.1, 0.15) is 85.5 Å². The molecule has 4 heterocycles. The van der Waals surface area contributed by atoms with E-state index in [0.29, 0.717) is 46.6 Å². The molecule has 1 aliphatic carbocycles. The number of aryl methyl sites for hydroxylation is 1. The van der Waals surface area contributed by atoms with Crippen molar-refractivity contribution >= 4 is 34.6 Å². The molecule has 0 bridgehead atoms. The van der Waals surface area contributed by atoms with Gasteiger partial charge in [-0.1, -0.05) is 19.1 Å². The van der Waals surface area contributed by atoms with Gasteiger partial charge in [-0.3, -0.25) is 14.9 Å². The largest absolute Gasteiger partial charge is 0.458 e. The van der Waals surface area contributed by atoms with Crippen LogP contribution in [0, 0.1) is 12.7 Å². The molecule has 7 rings (SSSR count). The number of aliphatic hydroxyl groups is 1. The van der Waals surface area contributed by atoms with Gasteiger partial charge in [-0.15, -0.1) is 0 Å². The van der Waals surface area contributed by atoms with E-state index in [9.17, 15) is 24.3 Å². The maximum absolute atomic E-state index is 15.2. The van der Waals surface area contributed by atoms with Crippen molar-refractivity contribution in [2.24, 2.45) is 0 Å². The first-order chi connectivity index (χ1) is 23.2. The van der Waals surface area contributed by atoms with Gasteiger partial charge in [0.2, 0.25) is 5.91 Å². The second kappa shape index (κ2) is 11.5. The number of aromatic nitrogens is 2. The quantitative estimate of drug-likeness (QED) is 0.216. The van der Waals surface area contributed by atoms with Crippen LogP contribution < -0.4 is 16.2 Å². The molecule has 0 fully saturated rings. The third-order valence-electron chi connectivity index (χ3n) is 9.65. The lowest BCUT2D eigenvalue weighted by molar-refractivity contribution is -0.172. The van der Waals surface area contributed by atoms with Crippen molar-refractivity contribution in [3.05, 3.63) is 91.5 Å². The summed E-state index contributed by atoms with van der Waals surface area (Å²) in [7, 11) is 0. The normalized spacial score (nSPS) is 19.1. The van der Waals surface area contributed by atoms with E-state index in [-0.39, 0.29) is 43.0 Å². The van der Waals surface area contributed by atoms with E-state index in [4.69, 9.17) is 14.5 Å². The number of rotatable bonds is 5. The Morgan fingerprint density at radius 3 is 2.67 bits per heavy atom. The van der Waals surface area contributed by atoms with E-state index < -0.39 is 40.7 Å². The number of amides is 2. The molecule has 11 nitrogen and oxygen atoms in total. The minimum absolute atomic E-state index is 0.00686. The van der Waals surface area contributed by atoms with Crippen LogP contribution >= 0.6 is 0 Å². The lowest BCUT2D eigenvalue weighted by Crippen LogP contribution is -2.44. The van der Waals surface area contributed by atoms with Crippen LogP contribution in [-0.4, -0.2) is 38.2 Å². The SMILES string of the molecule is CC[C@@]1(O)C(=O)OCc2c1cc1n(c2=O)Cc2c-1nc1cc(F)c(C)c3c1c2[C@@H](NC(=O)Cc1cccc(NC(=O)OC(C)(C)C)c1)CC3. The summed E-state index contributed by atoms with van der Waals surface area (Å²) in [5.41, 5.74) is 2.58. The second-order valence-corrected chi connectivity index (χ2v) is 14.0. The van der Waals surface area contributed by atoms with Crippen LogP contribution in [0.15, 0.2) is 41.2 Å². The van der Waals surface area contributed by atoms with E-state index in [1.807, 2.05) is 0 Å². The monoisotopic (exact) mass is 668 g/mol. The molecule has 12 heteroatoms. The van der Waals surface area contributed by atoms with Crippen LogP contribution in [-0.2, 0) is 50.7 Å². The average molecular weight is 669 g/mol. The van der Waals surface area contributed by atoms with Gasteiger partial charge in [-0.25, -0.2) is 19.0 Å². The number of pyridine rings is 2. The van der Waals surface area contributed by atoms with Crippen molar-refractivity contribution in [1.82, 2.24) is 14.9 Å². The number of hydrogen-bond donors (Lipinski definition) is 3. The molecule has 2 aromatic carbocycles. The van der Waals surface area contributed by atoms with Gasteiger partial charge in [0, 0.05) is 28.3 Å². The third kappa shape index (κ3) is 5.44. The molecular weight excluding hydrogens is 631 g/mol. The third-order valence-corrected chi connectivity index (χ3v) is 9.65. The van der Waals surface area contributed by atoms with Gasteiger partial charge in [0.1, 0.15) is 18.0 Å². The van der Waals surface area contributed by atoms with Gasteiger partial charge >= 0.3 is 12.1 Å². The zero-order valence-electron chi connectivity index (χ0n) is 28.0. The number of nitrogens with zero attached hydrogens (tertiary/aromatic N) is 2. The minimum Gasteiger partial charge on any atom is -0.458 e. The zero-order valence-corrected chi connectivity index (χ0v) is 28.0. The molecule has 4 aromatic rings. The fourth-order valence-electron chi connectivity index (χ4n) is 7.31. The number of hydrogen-bond acceptors (Lipinski definition) is 8. The molecule has 3 N–H and O–H groups in total. The molecule has 49 heavy (non-hydrogen) atoms. The summed E-state index contributed by atoms with van der Waals surface area (Å²) in [4.78, 5) is 57.3. The molecule has 0 radical (unpaired) electrons. The van der Waals surface area contributed by atoms with E-state index >= 15 is 4.39 Å². The minimum atomic E-state index is -1.98. The summed E-state index contributed by atoms with van der Waals surface area (Å²) in [5, 5.41) is 17.9. The van der Waals surface area contributed by atoms with E-state index in [2.05, 4.69) is 10.6 Å². The molecule has 2 atom stereocenters. The predicted octanol–water partition coefficient (Wildman–Crippen LogP) is 5.22. The maximum Gasteiger partial charge on any atom is 0.412 e. The maximum atomic E-state index is 15.2. The van der Waals surface area contributed by atoms with E-state index in [1.54, 1.807) is 69.5 Å². The van der Waals surface area contributed by atoms with Crippen molar-refractivity contribution in [1.29, 1.82) is 0 Å². The Labute approximate surface area is 281 Å². The molecule has 0 saturated carbocycles. The Morgan fingerprint density at radius 1 is 1.16 bits per heavy atom. The van der Waals surface area contributed by atoms with Gasteiger partial charge in [0.15, 0.2) is 5.60 Å². The van der Waals surface area contributed by atoms with Crippen molar-refractivity contribution in [2.45, 2.75) is 90.7 Å². The van der Waals surface area contributed by atoms with Crippen LogP contribution in [0.3, 0.4) is 0 Å². The standard InChI is InChI=1S/C37H37FN4O7/c1-6-37(47)24-14-28-32-22(16-42(28)33(44)23(24)17-48-34(37)45)31-26(11-10-21-18(2)25(38)15-27(41-32)30(21)31)40-29(43)13-19-8-7-9-20(12-19)39-35(46)49-36(3,4)5/h7-9,12,14-15,26,47H,6,10-11,13,16-17H2,1-5H3,(H,39,46)(H,40,43)/t26-,37-/m0/s1. The van der Waals surface area contributed by atoms with Crippen molar-refractivity contribution in [3.63, 3.8) is 0 Å². The highest BCUT2D eigenvalue weighted by Crippen LogP contribution is 2.46. The summed E-state index contributed by atoms with van der Waals surface area (Å²) in [6.45, 7) is 8.58. The number of esters is 1. The van der Waals surface area contributed by atoms with Crippen molar-refractivity contribution in [2.75, 3.05) is 5.32 Å². The Morgan fingerprint density at radius 2 is 1.94 bits per heavy atom. The fraction of sp³-hybridized carbons (Fsp3) is 0.378. The number of anilines is 1. The van der Waals surface area contributed by atoms with Gasteiger partial charge < -0.3 is 24.5 Å². The summed E-state index contributed by atoms with van der Waals surface area (Å²) < 4.78 is 27.3. The first-order valence-electron chi connectivity index (χ1n) is 16.4. The van der Waals surface area contributed by atoms with Gasteiger partial charge in [0.25, 0.3) is 5.56 Å². The highest BCUT2D eigenvalue weighted by Gasteiger charge is 2.46. The molecule has 0 spiro atoms. The number of carbonyl (C=O) groups excluding carboxylic acids is 3. The Hall–Kier alpha value is -5.10. The topological polar surface area (TPSA) is 149 Å². The summed E-state index contributed by atoms with van der Waals surface area (Å²) in [5.74, 6) is -1.47. The highest BCUT2D eigenvalue weighted by atomic mass is 19.1.